The van der Waals surface area contributed by atoms with Crippen molar-refractivity contribution in [2.24, 2.45) is 4.99 Å². The van der Waals surface area contributed by atoms with E-state index in [0.29, 0.717) is 0 Å². The van der Waals surface area contributed by atoms with Gasteiger partial charge in [0.2, 0.25) is 0 Å². The third kappa shape index (κ3) is 3.32. The molecular formula is C21H19N. The van der Waals surface area contributed by atoms with E-state index >= 15 is 0 Å². The maximum atomic E-state index is 4.90. The van der Waals surface area contributed by atoms with Gasteiger partial charge < -0.3 is 0 Å². The highest BCUT2D eigenvalue weighted by Crippen LogP contribution is 2.19. The minimum absolute atomic E-state index is 0.973. The lowest BCUT2D eigenvalue weighted by Gasteiger charge is -2.09. The largest absolute Gasteiger partial charge is 0.248 e. The van der Waals surface area contributed by atoms with E-state index in [9.17, 15) is 0 Å². The van der Waals surface area contributed by atoms with Crippen LogP contribution in [-0.4, -0.2) is 5.71 Å². The average Bonchev–Trinajstić information content (AvgIpc) is 2.53. The summed E-state index contributed by atoms with van der Waals surface area (Å²) in [4.78, 5) is 4.90. The van der Waals surface area contributed by atoms with Gasteiger partial charge in [-0.3, -0.25) is 0 Å². The second kappa shape index (κ2) is 6.40. The molecule has 0 amide bonds. The van der Waals surface area contributed by atoms with Crippen LogP contribution < -0.4 is 0 Å². The Kier molecular flexibility index (Phi) is 4.15. The van der Waals surface area contributed by atoms with Crippen molar-refractivity contribution in [3.05, 3.63) is 101 Å². The number of para-hydroxylation sites is 1. The summed E-state index contributed by atoms with van der Waals surface area (Å²) in [5.41, 5.74) is 6.76. The fraction of sp³-hybridized carbons (Fsp3) is 0.0952. The topological polar surface area (TPSA) is 12.4 Å². The summed E-state index contributed by atoms with van der Waals surface area (Å²) in [6, 6.07) is 27.1. The van der Waals surface area contributed by atoms with Gasteiger partial charge in [0.1, 0.15) is 0 Å². The zero-order valence-electron chi connectivity index (χ0n) is 13.0. The van der Waals surface area contributed by atoms with Gasteiger partial charge in [-0.2, -0.15) is 0 Å². The fourth-order valence-electron chi connectivity index (χ4n) is 2.51. The van der Waals surface area contributed by atoms with E-state index in [1.165, 1.54) is 11.1 Å². The molecule has 0 aliphatic carbocycles. The Morgan fingerprint density at radius 1 is 0.636 bits per heavy atom. The quantitative estimate of drug-likeness (QED) is 0.566. The maximum absolute atomic E-state index is 4.90. The molecule has 0 saturated carbocycles. The van der Waals surface area contributed by atoms with Crippen LogP contribution in [-0.2, 0) is 0 Å². The van der Waals surface area contributed by atoms with Gasteiger partial charge in [0.25, 0.3) is 0 Å². The molecule has 0 aromatic heterocycles. The average molecular weight is 285 g/mol. The van der Waals surface area contributed by atoms with Gasteiger partial charge in [-0.05, 0) is 38.1 Å². The third-order valence-corrected chi connectivity index (χ3v) is 3.58. The van der Waals surface area contributed by atoms with Crippen molar-refractivity contribution in [2.45, 2.75) is 13.8 Å². The first-order valence-corrected chi connectivity index (χ1v) is 7.50. The molecule has 22 heavy (non-hydrogen) atoms. The van der Waals surface area contributed by atoms with Gasteiger partial charge in [-0.1, -0.05) is 65.7 Å². The molecule has 0 N–H and O–H groups in total. The van der Waals surface area contributed by atoms with E-state index in [1.54, 1.807) is 0 Å². The van der Waals surface area contributed by atoms with Gasteiger partial charge in [0, 0.05) is 11.1 Å². The van der Waals surface area contributed by atoms with E-state index < -0.39 is 0 Å². The summed E-state index contributed by atoms with van der Waals surface area (Å²) in [6.45, 7) is 4.22. The van der Waals surface area contributed by atoms with Crippen LogP contribution in [0.4, 0.5) is 5.69 Å². The standard InChI is InChI=1S/C21H19N/c1-16-8-6-10-18(14-16)21(19-11-7-9-17(2)15-19)22-20-12-4-3-5-13-20/h3-15H,1-2H3. The summed E-state index contributed by atoms with van der Waals surface area (Å²) in [6.07, 6.45) is 0. The lowest BCUT2D eigenvalue weighted by atomic mass is 9.99. The number of aliphatic imine (C=N–C) groups is 1. The smallest absolute Gasteiger partial charge is 0.0781 e. The summed E-state index contributed by atoms with van der Waals surface area (Å²) < 4.78 is 0. The van der Waals surface area contributed by atoms with Crippen LogP contribution in [0.15, 0.2) is 83.9 Å². The Labute approximate surface area is 132 Å². The van der Waals surface area contributed by atoms with Gasteiger partial charge in [0.05, 0.1) is 11.4 Å². The number of aryl methyl sites for hydroxylation is 2. The fourth-order valence-corrected chi connectivity index (χ4v) is 2.51. The van der Waals surface area contributed by atoms with Gasteiger partial charge in [-0.25, -0.2) is 4.99 Å². The van der Waals surface area contributed by atoms with Gasteiger partial charge in [0.15, 0.2) is 0 Å². The van der Waals surface area contributed by atoms with Crippen molar-refractivity contribution in [1.29, 1.82) is 0 Å². The van der Waals surface area contributed by atoms with E-state index in [0.717, 1.165) is 22.5 Å². The van der Waals surface area contributed by atoms with Crippen molar-refractivity contribution in [3.8, 4) is 0 Å². The summed E-state index contributed by atoms with van der Waals surface area (Å²) >= 11 is 0. The first-order chi connectivity index (χ1) is 10.7. The van der Waals surface area contributed by atoms with E-state index in [2.05, 4.69) is 62.4 Å². The lowest BCUT2D eigenvalue weighted by molar-refractivity contribution is 1.41. The van der Waals surface area contributed by atoms with Crippen molar-refractivity contribution in [2.75, 3.05) is 0 Å². The Morgan fingerprint density at radius 2 is 1.18 bits per heavy atom. The molecule has 0 atom stereocenters. The minimum Gasteiger partial charge on any atom is -0.248 e. The van der Waals surface area contributed by atoms with E-state index in [1.807, 2.05) is 30.3 Å². The van der Waals surface area contributed by atoms with Crippen LogP contribution in [0.3, 0.4) is 0 Å². The molecule has 3 aromatic rings. The molecule has 0 heterocycles. The molecule has 1 heteroatoms. The molecular weight excluding hydrogens is 266 g/mol. The molecule has 0 unspecified atom stereocenters. The molecule has 0 saturated heterocycles. The molecule has 0 aliphatic heterocycles. The van der Waals surface area contributed by atoms with Crippen LogP contribution in [0.2, 0.25) is 0 Å². The van der Waals surface area contributed by atoms with Crippen molar-refractivity contribution < 1.29 is 0 Å². The van der Waals surface area contributed by atoms with Crippen molar-refractivity contribution >= 4 is 11.4 Å². The summed E-state index contributed by atoms with van der Waals surface area (Å²) in [5, 5.41) is 0. The molecule has 108 valence electrons. The second-order valence-electron chi connectivity index (χ2n) is 5.53. The van der Waals surface area contributed by atoms with Crippen molar-refractivity contribution in [3.63, 3.8) is 0 Å². The Morgan fingerprint density at radius 3 is 1.68 bits per heavy atom. The zero-order chi connectivity index (χ0) is 15.4. The third-order valence-electron chi connectivity index (χ3n) is 3.58. The van der Waals surface area contributed by atoms with Crippen LogP contribution in [0.25, 0.3) is 0 Å². The number of nitrogens with zero attached hydrogens (tertiary/aromatic N) is 1. The Balaban J connectivity index is 2.16. The van der Waals surface area contributed by atoms with Crippen LogP contribution in [0.5, 0.6) is 0 Å². The number of rotatable bonds is 3. The van der Waals surface area contributed by atoms with Crippen LogP contribution in [0, 0.1) is 13.8 Å². The second-order valence-corrected chi connectivity index (χ2v) is 5.53. The Hall–Kier alpha value is -2.67. The SMILES string of the molecule is Cc1cccc(C(=Nc2ccccc2)c2cccc(C)c2)c1. The number of hydrogen-bond acceptors (Lipinski definition) is 1. The van der Waals surface area contributed by atoms with E-state index in [4.69, 9.17) is 4.99 Å². The lowest BCUT2D eigenvalue weighted by Crippen LogP contribution is -2.03. The van der Waals surface area contributed by atoms with Gasteiger partial charge >= 0.3 is 0 Å². The number of hydrogen-bond donors (Lipinski definition) is 0. The normalized spacial score (nSPS) is 10.3. The molecule has 1 nitrogen and oxygen atoms in total. The van der Waals surface area contributed by atoms with Crippen LogP contribution >= 0.6 is 0 Å². The molecule has 3 rings (SSSR count). The highest BCUT2D eigenvalue weighted by atomic mass is 14.7. The van der Waals surface area contributed by atoms with E-state index in [-0.39, 0.29) is 0 Å². The highest BCUT2D eigenvalue weighted by molar-refractivity contribution is 6.14. The maximum Gasteiger partial charge on any atom is 0.0781 e. The molecule has 0 radical (unpaired) electrons. The summed E-state index contributed by atoms with van der Waals surface area (Å²) in [7, 11) is 0. The predicted molar refractivity (Wildman–Crippen MR) is 94.1 cm³/mol. The zero-order valence-corrected chi connectivity index (χ0v) is 13.0. The predicted octanol–water partition coefficient (Wildman–Crippen LogP) is 5.47. The first-order valence-electron chi connectivity index (χ1n) is 7.50. The molecule has 0 bridgehead atoms. The monoisotopic (exact) mass is 285 g/mol. The van der Waals surface area contributed by atoms with Crippen molar-refractivity contribution in [1.82, 2.24) is 0 Å². The highest BCUT2D eigenvalue weighted by Gasteiger charge is 2.08. The number of benzene rings is 3. The van der Waals surface area contributed by atoms with Crippen LogP contribution in [0.1, 0.15) is 22.3 Å². The molecule has 0 aliphatic rings. The Bertz CT molecular complexity index is 753. The first kappa shape index (κ1) is 14.3. The molecule has 0 fully saturated rings. The summed E-state index contributed by atoms with van der Waals surface area (Å²) in [5.74, 6) is 0. The molecule has 0 spiro atoms. The minimum atomic E-state index is 0.973. The molecule has 3 aromatic carbocycles. The van der Waals surface area contributed by atoms with Gasteiger partial charge in [-0.15, -0.1) is 0 Å².